The van der Waals surface area contributed by atoms with E-state index in [9.17, 15) is 0 Å². The molecule has 0 N–H and O–H groups in total. The van der Waals surface area contributed by atoms with Crippen molar-refractivity contribution < 1.29 is 0 Å². The van der Waals surface area contributed by atoms with Gasteiger partial charge in [-0.25, -0.2) is 0 Å². The zero-order chi connectivity index (χ0) is 8.81. The summed E-state index contributed by atoms with van der Waals surface area (Å²) in [4.78, 5) is 0. The Labute approximate surface area is 79.6 Å². The largest absolute Gasteiger partial charge is 0.118 e. The molecule has 1 radical (unpaired) electrons. The molecule has 0 fully saturated rings. The minimum atomic E-state index is 0.180. The zero-order valence-corrected chi connectivity index (χ0v) is 8.14. The van der Waals surface area contributed by atoms with Crippen molar-refractivity contribution in [3.63, 3.8) is 0 Å². The Morgan fingerprint density at radius 3 is 2.67 bits per heavy atom. The lowest BCUT2D eigenvalue weighted by molar-refractivity contribution is 0.701. The predicted octanol–water partition coefficient (Wildman–Crippen LogP) is 3.96. The van der Waals surface area contributed by atoms with Crippen LogP contribution in [0.2, 0.25) is 0 Å². The van der Waals surface area contributed by atoms with E-state index in [-0.39, 0.29) is 5.38 Å². The van der Waals surface area contributed by atoms with Crippen LogP contribution in [-0.2, 0) is 0 Å². The van der Waals surface area contributed by atoms with E-state index in [0.717, 1.165) is 6.42 Å². The van der Waals surface area contributed by atoms with Crippen LogP contribution < -0.4 is 0 Å². The molecule has 0 aliphatic carbocycles. The highest BCUT2D eigenvalue weighted by molar-refractivity contribution is 6.20. The second kappa shape index (κ2) is 5.21. The highest BCUT2D eigenvalue weighted by Gasteiger charge is 2.04. The summed E-state index contributed by atoms with van der Waals surface area (Å²) in [6, 6.07) is 10.9. The lowest BCUT2D eigenvalue weighted by Gasteiger charge is -2.07. The van der Waals surface area contributed by atoms with Gasteiger partial charge in [-0.2, -0.15) is 0 Å². The van der Waals surface area contributed by atoms with Crippen molar-refractivity contribution in [2.24, 2.45) is 0 Å². The minimum absolute atomic E-state index is 0.180. The third kappa shape index (κ3) is 2.86. The maximum atomic E-state index is 6.17. The van der Waals surface area contributed by atoms with Gasteiger partial charge in [0.25, 0.3) is 0 Å². The molecule has 0 aliphatic rings. The van der Waals surface area contributed by atoms with E-state index < -0.39 is 0 Å². The van der Waals surface area contributed by atoms with Gasteiger partial charge in [-0.15, -0.1) is 11.6 Å². The standard InChI is InChI=1S/C11H14Cl/c1-2-3-9-11(12)10-7-5-4-6-8-10/h5-8,11H,2-3,9H2,1H3. The average molecular weight is 182 g/mol. The maximum Gasteiger partial charge on any atom is 0.0585 e. The molecule has 1 aromatic carbocycles. The smallest absolute Gasteiger partial charge is 0.0585 e. The van der Waals surface area contributed by atoms with Crippen molar-refractivity contribution >= 4 is 11.6 Å². The Morgan fingerprint density at radius 2 is 2.08 bits per heavy atom. The fourth-order valence-corrected chi connectivity index (χ4v) is 1.46. The number of hydrogen-bond donors (Lipinski definition) is 0. The molecular weight excluding hydrogens is 168 g/mol. The normalized spacial score (nSPS) is 12.8. The van der Waals surface area contributed by atoms with Gasteiger partial charge < -0.3 is 0 Å². The van der Waals surface area contributed by atoms with E-state index in [1.807, 2.05) is 24.3 Å². The Kier molecular flexibility index (Phi) is 4.16. The van der Waals surface area contributed by atoms with Crippen LogP contribution in [0.5, 0.6) is 0 Å². The summed E-state index contributed by atoms with van der Waals surface area (Å²) >= 11 is 6.17. The van der Waals surface area contributed by atoms with Crippen LogP contribution in [-0.4, -0.2) is 0 Å². The summed E-state index contributed by atoms with van der Waals surface area (Å²) in [5, 5.41) is 0.180. The Morgan fingerprint density at radius 1 is 1.42 bits per heavy atom. The molecule has 0 nitrogen and oxygen atoms in total. The number of unbranched alkanes of at least 4 members (excludes halogenated alkanes) is 1. The molecule has 0 amide bonds. The van der Waals surface area contributed by atoms with Crippen LogP contribution in [0.25, 0.3) is 0 Å². The first-order valence-electron chi connectivity index (χ1n) is 4.44. The molecule has 65 valence electrons. The summed E-state index contributed by atoms with van der Waals surface area (Å²) in [7, 11) is 0. The Hall–Kier alpha value is -0.490. The average Bonchev–Trinajstić information content (AvgIpc) is 2.15. The summed E-state index contributed by atoms with van der Waals surface area (Å²) in [5.41, 5.74) is 1.21. The Bertz CT molecular complexity index is 206. The quantitative estimate of drug-likeness (QED) is 0.617. The van der Waals surface area contributed by atoms with Gasteiger partial charge in [0.05, 0.1) is 5.38 Å². The van der Waals surface area contributed by atoms with Crippen molar-refractivity contribution in [3.8, 4) is 0 Å². The molecule has 0 aromatic heterocycles. The lowest BCUT2D eigenvalue weighted by atomic mass is 10.1. The predicted molar refractivity (Wildman–Crippen MR) is 53.4 cm³/mol. The van der Waals surface area contributed by atoms with Gasteiger partial charge in [0, 0.05) is 0 Å². The first kappa shape index (κ1) is 9.60. The summed E-state index contributed by atoms with van der Waals surface area (Å²) in [5.74, 6) is 0. The molecule has 0 saturated carbocycles. The fraction of sp³-hybridized carbons (Fsp3) is 0.455. The third-order valence-electron chi connectivity index (χ3n) is 1.92. The van der Waals surface area contributed by atoms with E-state index in [4.69, 9.17) is 11.6 Å². The number of halogens is 1. The molecule has 0 saturated heterocycles. The molecule has 1 rings (SSSR count). The number of alkyl halides is 1. The first-order chi connectivity index (χ1) is 5.84. The SMILES string of the molecule is CCCCC(Cl)c1cc[c]cc1. The van der Waals surface area contributed by atoms with Crippen molar-refractivity contribution in [2.45, 2.75) is 31.6 Å². The monoisotopic (exact) mass is 181 g/mol. The molecule has 0 spiro atoms. The van der Waals surface area contributed by atoms with Gasteiger partial charge in [0.1, 0.15) is 0 Å². The van der Waals surface area contributed by atoms with Crippen molar-refractivity contribution in [2.75, 3.05) is 0 Å². The molecule has 0 bridgehead atoms. The van der Waals surface area contributed by atoms with Crippen LogP contribution in [0.3, 0.4) is 0 Å². The first-order valence-corrected chi connectivity index (χ1v) is 4.88. The molecule has 1 aromatic rings. The number of benzene rings is 1. The molecule has 1 atom stereocenters. The molecule has 0 heterocycles. The number of hydrogen-bond acceptors (Lipinski definition) is 0. The maximum absolute atomic E-state index is 6.17. The Balaban J connectivity index is 2.48. The van der Waals surface area contributed by atoms with Crippen LogP contribution >= 0.6 is 11.6 Å². The molecule has 12 heavy (non-hydrogen) atoms. The van der Waals surface area contributed by atoms with Gasteiger partial charge in [0.2, 0.25) is 0 Å². The topological polar surface area (TPSA) is 0 Å². The van der Waals surface area contributed by atoms with Gasteiger partial charge in [-0.1, -0.05) is 44.0 Å². The van der Waals surface area contributed by atoms with Gasteiger partial charge in [-0.05, 0) is 18.1 Å². The van der Waals surface area contributed by atoms with E-state index >= 15 is 0 Å². The minimum Gasteiger partial charge on any atom is -0.118 e. The lowest BCUT2D eigenvalue weighted by Crippen LogP contribution is -1.89. The third-order valence-corrected chi connectivity index (χ3v) is 2.39. The fourth-order valence-electron chi connectivity index (χ4n) is 1.16. The van der Waals surface area contributed by atoms with E-state index in [0.29, 0.717) is 0 Å². The second-order valence-corrected chi connectivity index (χ2v) is 3.47. The van der Waals surface area contributed by atoms with Crippen LogP contribution in [0.1, 0.15) is 37.1 Å². The molecular formula is C11H14Cl. The van der Waals surface area contributed by atoms with Crippen LogP contribution in [0.4, 0.5) is 0 Å². The van der Waals surface area contributed by atoms with Crippen molar-refractivity contribution in [1.82, 2.24) is 0 Å². The van der Waals surface area contributed by atoms with E-state index in [1.54, 1.807) is 0 Å². The van der Waals surface area contributed by atoms with Crippen molar-refractivity contribution in [3.05, 3.63) is 35.9 Å². The van der Waals surface area contributed by atoms with Crippen LogP contribution in [0.15, 0.2) is 24.3 Å². The highest BCUT2D eigenvalue weighted by Crippen LogP contribution is 2.25. The molecule has 1 unspecified atom stereocenters. The van der Waals surface area contributed by atoms with Crippen LogP contribution in [0, 0.1) is 6.07 Å². The van der Waals surface area contributed by atoms with Gasteiger partial charge in [0.15, 0.2) is 0 Å². The highest BCUT2D eigenvalue weighted by atomic mass is 35.5. The molecule has 1 heteroatoms. The van der Waals surface area contributed by atoms with Crippen molar-refractivity contribution in [1.29, 1.82) is 0 Å². The second-order valence-electron chi connectivity index (χ2n) is 2.94. The zero-order valence-electron chi connectivity index (χ0n) is 7.39. The van der Waals surface area contributed by atoms with E-state index in [1.165, 1.54) is 18.4 Å². The van der Waals surface area contributed by atoms with Gasteiger partial charge >= 0.3 is 0 Å². The molecule has 0 aliphatic heterocycles. The summed E-state index contributed by atoms with van der Waals surface area (Å²) in [6.45, 7) is 2.18. The number of rotatable bonds is 4. The van der Waals surface area contributed by atoms with Gasteiger partial charge in [-0.3, -0.25) is 0 Å². The summed E-state index contributed by atoms with van der Waals surface area (Å²) in [6.07, 6.45) is 3.48. The summed E-state index contributed by atoms with van der Waals surface area (Å²) < 4.78 is 0. The van der Waals surface area contributed by atoms with E-state index in [2.05, 4.69) is 13.0 Å².